The number of nitrogens with one attached hydrogen (secondary N) is 2. The minimum absolute atomic E-state index is 0.0359. The van der Waals surface area contributed by atoms with Crippen LogP contribution in [0.2, 0.25) is 0 Å². The van der Waals surface area contributed by atoms with Crippen LogP contribution < -0.4 is 20.4 Å². The van der Waals surface area contributed by atoms with Crippen LogP contribution in [0.3, 0.4) is 0 Å². The Hall–Kier alpha value is -2.45. The molecule has 29 heavy (non-hydrogen) atoms. The zero-order valence-corrected chi connectivity index (χ0v) is 17.0. The van der Waals surface area contributed by atoms with Crippen molar-refractivity contribution in [2.75, 3.05) is 55.0 Å². The normalized spacial score (nSPS) is 17.9. The first-order chi connectivity index (χ1) is 14.0. The molecule has 0 aromatic carbocycles. The van der Waals surface area contributed by atoms with E-state index in [1.54, 1.807) is 6.20 Å². The summed E-state index contributed by atoms with van der Waals surface area (Å²) in [6.45, 7) is 5.65. The van der Waals surface area contributed by atoms with Gasteiger partial charge in [0.2, 0.25) is 0 Å². The molecule has 4 rings (SSSR count). The van der Waals surface area contributed by atoms with Gasteiger partial charge < -0.3 is 25.5 Å². The van der Waals surface area contributed by atoms with Gasteiger partial charge in [-0.05, 0) is 25.7 Å². The number of hydrogen-bond acceptors (Lipinski definition) is 7. The van der Waals surface area contributed by atoms with Crippen LogP contribution in [-0.4, -0.2) is 60.9 Å². The predicted octanol–water partition coefficient (Wildman–Crippen LogP) is 2.46. The standard InChI is InChI=1S/C21H29FN6O/c1-14(13-29)27(2)21-10-16(28-7-5-23-6-8-28)9-20(26-21)25-19-11-18(22)17(12-24-19)15-3-4-15/h9-12,14-15,23,29H,3-8,13H2,1-2H3,(H,24,25,26)/t14-/m0/s1. The zero-order chi connectivity index (χ0) is 20.4. The van der Waals surface area contributed by atoms with Crippen molar-refractivity contribution in [2.24, 2.45) is 0 Å². The Morgan fingerprint density at radius 3 is 2.69 bits per heavy atom. The van der Waals surface area contributed by atoms with Crippen LogP contribution in [0.1, 0.15) is 31.2 Å². The lowest BCUT2D eigenvalue weighted by Gasteiger charge is -2.31. The Labute approximate surface area is 171 Å². The highest BCUT2D eigenvalue weighted by Crippen LogP contribution is 2.41. The smallest absolute Gasteiger partial charge is 0.136 e. The van der Waals surface area contributed by atoms with Gasteiger partial charge in [0.05, 0.1) is 12.6 Å². The summed E-state index contributed by atoms with van der Waals surface area (Å²) in [6, 6.07) is 5.39. The number of aliphatic hydroxyl groups is 1. The lowest BCUT2D eigenvalue weighted by atomic mass is 10.2. The molecule has 1 atom stereocenters. The second kappa shape index (κ2) is 8.51. The molecule has 1 saturated heterocycles. The molecule has 1 saturated carbocycles. The molecular formula is C21H29FN6O. The number of aliphatic hydroxyl groups excluding tert-OH is 1. The van der Waals surface area contributed by atoms with E-state index >= 15 is 0 Å². The summed E-state index contributed by atoms with van der Waals surface area (Å²) in [4.78, 5) is 13.3. The van der Waals surface area contributed by atoms with Gasteiger partial charge in [-0.3, -0.25) is 0 Å². The molecule has 156 valence electrons. The first-order valence-corrected chi connectivity index (χ1v) is 10.3. The van der Waals surface area contributed by atoms with Crippen LogP contribution >= 0.6 is 0 Å². The van der Waals surface area contributed by atoms with E-state index in [-0.39, 0.29) is 18.5 Å². The van der Waals surface area contributed by atoms with E-state index in [9.17, 15) is 9.50 Å². The number of pyridine rings is 2. The van der Waals surface area contributed by atoms with Gasteiger partial charge in [0.25, 0.3) is 0 Å². The Morgan fingerprint density at radius 1 is 1.28 bits per heavy atom. The van der Waals surface area contributed by atoms with Gasteiger partial charge in [0.15, 0.2) is 0 Å². The van der Waals surface area contributed by atoms with Crippen LogP contribution in [0.5, 0.6) is 0 Å². The van der Waals surface area contributed by atoms with Crippen molar-refractivity contribution in [2.45, 2.75) is 31.7 Å². The second-order valence-electron chi connectivity index (χ2n) is 7.94. The number of aromatic nitrogens is 2. The molecule has 3 heterocycles. The molecular weight excluding hydrogens is 371 g/mol. The van der Waals surface area contributed by atoms with Crippen LogP contribution in [0.4, 0.5) is 27.5 Å². The summed E-state index contributed by atoms with van der Waals surface area (Å²) in [5, 5.41) is 16.1. The van der Waals surface area contributed by atoms with Gasteiger partial charge in [0.1, 0.15) is 23.3 Å². The van der Waals surface area contributed by atoms with E-state index in [0.29, 0.717) is 23.1 Å². The molecule has 7 nitrogen and oxygen atoms in total. The van der Waals surface area contributed by atoms with E-state index < -0.39 is 0 Å². The van der Waals surface area contributed by atoms with Crippen LogP contribution in [0, 0.1) is 5.82 Å². The van der Waals surface area contributed by atoms with Crippen molar-refractivity contribution < 1.29 is 9.50 Å². The van der Waals surface area contributed by atoms with Crippen molar-refractivity contribution >= 4 is 23.1 Å². The van der Waals surface area contributed by atoms with Crippen molar-refractivity contribution in [1.29, 1.82) is 0 Å². The molecule has 1 aliphatic carbocycles. The quantitative estimate of drug-likeness (QED) is 0.659. The molecule has 8 heteroatoms. The van der Waals surface area contributed by atoms with E-state index in [1.165, 1.54) is 6.07 Å². The maximum Gasteiger partial charge on any atom is 0.136 e. The highest BCUT2D eigenvalue weighted by molar-refractivity contribution is 5.65. The van der Waals surface area contributed by atoms with Crippen molar-refractivity contribution in [1.82, 2.24) is 15.3 Å². The molecule has 0 spiro atoms. The van der Waals surface area contributed by atoms with E-state index in [4.69, 9.17) is 4.98 Å². The highest BCUT2D eigenvalue weighted by Gasteiger charge is 2.27. The van der Waals surface area contributed by atoms with Gasteiger partial charge in [-0.25, -0.2) is 14.4 Å². The molecule has 2 aromatic heterocycles. The van der Waals surface area contributed by atoms with Crippen LogP contribution in [0.15, 0.2) is 24.4 Å². The van der Waals surface area contributed by atoms with Gasteiger partial charge in [0, 0.05) is 68.9 Å². The maximum absolute atomic E-state index is 14.4. The average Bonchev–Trinajstić information content (AvgIpc) is 3.58. The third-order valence-electron chi connectivity index (χ3n) is 5.72. The van der Waals surface area contributed by atoms with Crippen LogP contribution in [0.25, 0.3) is 0 Å². The molecule has 0 bridgehead atoms. The number of hydrogen-bond donors (Lipinski definition) is 3. The minimum atomic E-state index is -0.213. The fraction of sp³-hybridized carbons (Fsp3) is 0.524. The monoisotopic (exact) mass is 400 g/mol. The van der Waals surface area contributed by atoms with Gasteiger partial charge in [-0.2, -0.15) is 0 Å². The average molecular weight is 401 g/mol. The van der Waals surface area contributed by atoms with E-state index in [0.717, 1.165) is 50.5 Å². The Balaban J connectivity index is 1.62. The molecule has 1 aliphatic heterocycles. The Bertz CT molecular complexity index is 833. The third kappa shape index (κ3) is 4.59. The summed E-state index contributed by atoms with van der Waals surface area (Å²) < 4.78 is 14.4. The largest absolute Gasteiger partial charge is 0.394 e. The summed E-state index contributed by atoms with van der Waals surface area (Å²) >= 11 is 0. The molecule has 0 radical (unpaired) electrons. The van der Waals surface area contributed by atoms with E-state index in [1.807, 2.05) is 31.0 Å². The van der Waals surface area contributed by atoms with E-state index in [2.05, 4.69) is 20.5 Å². The van der Waals surface area contributed by atoms with Crippen LogP contribution in [-0.2, 0) is 0 Å². The molecule has 2 fully saturated rings. The molecule has 2 aromatic rings. The Kier molecular flexibility index (Phi) is 5.82. The first-order valence-electron chi connectivity index (χ1n) is 10.3. The molecule has 0 unspecified atom stereocenters. The third-order valence-corrected chi connectivity index (χ3v) is 5.72. The summed E-state index contributed by atoms with van der Waals surface area (Å²) in [5.74, 6) is 1.92. The molecule has 0 amide bonds. The predicted molar refractivity (Wildman–Crippen MR) is 114 cm³/mol. The summed E-state index contributed by atoms with van der Waals surface area (Å²) in [6.07, 6.45) is 3.72. The lowest BCUT2D eigenvalue weighted by Crippen LogP contribution is -2.43. The number of piperazine rings is 1. The minimum Gasteiger partial charge on any atom is -0.394 e. The fourth-order valence-corrected chi connectivity index (χ4v) is 3.54. The Morgan fingerprint density at radius 2 is 2.03 bits per heavy atom. The zero-order valence-electron chi connectivity index (χ0n) is 17.0. The highest BCUT2D eigenvalue weighted by atomic mass is 19.1. The lowest BCUT2D eigenvalue weighted by molar-refractivity contribution is 0.270. The number of rotatable bonds is 7. The van der Waals surface area contributed by atoms with Crippen molar-refractivity contribution in [3.05, 3.63) is 35.8 Å². The number of halogens is 1. The number of anilines is 4. The number of nitrogens with zero attached hydrogens (tertiary/aromatic N) is 4. The maximum atomic E-state index is 14.4. The molecule has 2 aliphatic rings. The van der Waals surface area contributed by atoms with Gasteiger partial charge >= 0.3 is 0 Å². The number of likely N-dealkylation sites (N-methyl/N-ethyl adjacent to an activating group) is 1. The van der Waals surface area contributed by atoms with Crippen molar-refractivity contribution in [3.8, 4) is 0 Å². The van der Waals surface area contributed by atoms with Crippen molar-refractivity contribution in [3.63, 3.8) is 0 Å². The molecule has 3 N–H and O–H groups in total. The van der Waals surface area contributed by atoms with Gasteiger partial charge in [-0.15, -0.1) is 0 Å². The fourth-order valence-electron chi connectivity index (χ4n) is 3.54. The summed E-state index contributed by atoms with van der Waals surface area (Å²) in [7, 11) is 1.91. The van der Waals surface area contributed by atoms with Gasteiger partial charge in [-0.1, -0.05) is 0 Å². The topological polar surface area (TPSA) is 76.6 Å². The SMILES string of the molecule is C[C@@H](CO)N(C)c1cc(N2CCNCC2)cc(Nc2cc(F)c(C3CC3)cn2)n1. The summed E-state index contributed by atoms with van der Waals surface area (Å²) in [5.41, 5.74) is 1.75. The second-order valence-corrected chi connectivity index (χ2v) is 7.94. The first kappa shape index (κ1) is 19.8.